The van der Waals surface area contributed by atoms with Crippen molar-refractivity contribution < 1.29 is 9.59 Å². The van der Waals surface area contributed by atoms with Gasteiger partial charge in [0.1, 0.15) is 0 Å². The van der Waals surface area contributed by atoms with Crippen LogP contribution in [0.1, 0.15) is 24.0 Å². The molecule has 4 aromatic rings. The molecule has 0 saturated heterocycles. The molecule has 0 atom stereocenters. The number of carbonyl (C=O) groups excluding carboxylic acids is 2. The number of rotatable bonds is 8. The summed E-state index contributed by atoms with van der Waals surface area (Å²) in [6.07, 6.45) is 2.22. The maximum absolute atomic E-state index is 12.5. The zero-order valence-corrected chi connectivity index (χ0v) is 17.9. The van der Waals surface area contributed by atoms with Crippen LogP contribution in [0.15, 0.2) is 97.1 Å². The molecule has 0 aliphatic carbocycles. The van der Waals surface area contributed by atoms with E-state index >= 15 is 0 Å². The third-order valence-electron chi connectivity index (χ3n) is 5.44. The first kappa shape index (κ1) is 21.3. The molecule has 0 radical (unpaired) electrons. The van der Waals surface area contributed by atoms with Gasteiger partial charge in [-0.05, 0) is 36.1 Å². The first-order chi connectivity index (χ1) is 15.7. The summed E-state index contributed by atoms with van der Waals surface area (Å²) in [5, 5.41) is 7.87. The second-order valence-corrected chi connectivity index (χ2v) is 7.77. The number of aryl methyl sites for hydroxylation is 2. The summed E-state index contributed by atoms with van der Waals surface area (Å²) in [5.74, 6) is -0.0581. The van der Waals surface area contributed by atoms with E-state index < -0.39 is 0 Å². The largest absolute Gasteiger partial charge is 0.326 e. The van der Waals surface area contributed by atoms with Crippen molar-refractivity contribution in [2.45, 2.75) is 25.7 Å². The van der Waals surface area contributed by atoms with Gasteiger partial charge < -0.3 is 10.6 Å². The Bertz CT molecular complexity index is 1110. The smallest absolute Gasteiger partial charge is 0.224 e. The van der Waals surface area contributed by atoms with Crippen molar-refractivity contribution in [1.29, 1.82) is 0 Å². The van der Waals surface area contributed by atoms with Gasteiger partial charge in [0, 0.05) is 35.0 Å². The highest BCUT2D eigenvalue weighted by atomic mass is 16.2. The van der Waals surface area contributed by atoms with Crippen molar-refractivity contribution >= 4 is 34.0 Å². The summed E-state index contributed by atoms with van der Waals surface area (Å²) in [6.45, 7) is 0. The van der Waals surface area contributed by atoms with Crippen LogP contribution in [0.3, 0.4) is 0 Å². The highest BCUT2D eigenvalue weighted by Crippen LogP contribution is 2.29. The van der Waals surface area contributed by atoms with Crippen LogP contribution in [0.5, 0.6) is 0 Å². The van der Waals surface area contributed by atoms with Gasteiger partial charge in [0.05, 0.1) is 0 Å². The number of anilines is 2. The van der Waals surface area contributed by atoms with E-state index in [1.54, 1.807) is 0 Å². The molecule has 0 fully saturated rings. The van der Waals surface area contributed by atoms with E-state index in [0.29, 0.717) is 25.7 Å². The fourth-order valence-corrected chi connectivity index (χ4v) is 3.76. The molecular formula is C28H26N2O2. The molecule has 0 heterocycles. The molecule has 0 bridgehead atoms. The first-order valence-electron chi connectivity index (χ1n) is 10.9. The van der Waals surface area contributed by atoms with Crippen LogP contribution in [0.25, 0.3) is 10.8 Å². The third-order valence-corrected chi connectivity index (χ3v) is 5.44. The molecule has 0 saturated carbocycles. The standard InChI is InChI=1S/C28H26N2O2/c31-27(19-17-21-9-3-1-4-10-21)29-25-15-7-14-24-23(25)13-8-16-26(24)30-28(32)20-18-22-11-5-2-6-12-22/h1-16H,17-20H2,(H,29,31)(H,30,32). The Kier molecular flexibility index (Phi) is 6.93. The molecular weight excluding hydrogens is 396 g/mol. The monoisotopic (exact) mass is 422 g/mol. The van der Waals surface area contributed by atoms with Gasteiger partial charge in [-0.3, -0.25) is 9.59 Å². The summed E-state index contributed by atoms with van der Waals surface area (Å²) in [7, 11) is 0. The number of amides is 2. The van der Waals surface area contributed by atoms with Gasteiger partial charge in [-0.1, -0.05) is 84.9 Å². The molecule has 160 valence electrons. The molecule has 2 amide bonds. The Morgan fingerprint density at radius 1 is 0.500 bits per heavy atom. The van der Waals surface area contributed by atoms with Crippen LogP contribution in [-0.4, -0.2) is 11.8 Å². The van der Waals surface area contributed by atoms with E-state index in [1.165, 1.54) is 0 Å². The molecule has 0 aromatic heterocycles. The van der Waals surface area contributed by atoms with Gasteiger partial charge >= 0.3 is 0 Å². The molecule has 0 spiro atoms. The van der Waals surface area contributed by atoms with Gasteiger partial charge in [0.25, 0.3) is 0 Å². The maximum atomic E-state index is 12.5. The highest BCUT2D eigenvalue weighted by molar-refractivity contribution is 6.09. The van der Waals surface area contributed by atoms with Gasteiger partial charge in [0.15, 0.2) is 0 Å². The lowest BCUT2D eigenvalue weighted by Gasteiger charge is -2.13. The average molecular weight is 423 g/mol. The Balaban J connectivity index is 1.42. The van der Waals surface area contributed by atoms with Crippen LogP contribution < -0.4 is 10.6 Å². The molecule has 0 aliphatic rings. The first-order valence-corrected chi connectivity index (χ1v) is 10.9. The summed E-state index contributed by atoms with van der Waals surface area (Å²) in [4.78, 5) is 25.1. The zero-order valence-electron chi connectivity index (χ0n) is 17.9. The third kappa shape index (κ3) is 5.61. The van der Waals surface area contributed by atoms with Crippen LogP contribution >= 0.6 is 0 Å². The van der Waals surface area contributed by atoms with Crippen LogP contribution in [0.4, 0.5) is 11.4 Å². The number of fused-ring (bicyclic) bond motifs is 1. The normalized spacial score (nSPS) is 10.6. The quantitative estimate of drug-likeness (QED) is 0.367. The molecule has 4 heteroatoms. The zero-order chi connectivity index (χ0) is 22.2. The maximum Gasteiger partial charge on any atom is 0.224 e. The van der Waals surface area contributed by atoms with Crippen molar-refractivity contribution in [1.82, 2.24) is 0 Å². The Labute approximate surface area is 188 Å². The Morgan fingerprint density at radius 3 is 1.31 bits per heavy atom. The van der Waals surface area contributed by atoms with Crippen molar-refractivity contribution in [3.05, 3.63) is 108 Å². The van der Waals surface area contributed by atoms with Crippen molar-refractivity contribution in [3.8, 4) is 0 Å². The van der Waals surface area contributed by atoms with Gasteiger partial charge in [-0.25, -0.2) is 0 Å². The predicted molar refractivity (Wildman–Crippen MR) is 131 cm³/mol. The minimum atomic E-state index is -0.0290. The topological polar surface area (TPSA) is 58.2 Å². The van der Waals surface area contributed by atoms with Crippen molar-refractivity contribution in [2.24, 2.45) is 0 Å². The highest BCUT2D eigenvalue weighted by Gasteiger charge is 2.10. The summed E-state index contributed by atoms with van der Waals surface area (Å²) in [5.41, 5.74) is 3.78. The fourth-order valence-electron chi connectivity index (χ4n) is 3.76. The fraction of sp³-hybridized carbons (Fsp3) is 0.143. The minimum Gasteiger partial charge on any atom is -0.326 e. The SMILES string of the molecule is O=C(CCc1ccccc1)Nc1cccc2c(NC(=O)CCc3ccccc3)cccc12. The number of nitrogens with one attached hydrogen (secondary N) is 2. The van der Waals surface area contributed by atoms with Crippen molar-refractivity contribution in [2.75, 3.05) is 10.6 Å². The Morgan fingerprint density at radius 2 is 0.906 bits per heavy atom. The van der Waals surface area contributed by atoms with E-state index in [4.69, 9.17) is 0 Å². The molecule has 4 aromatic carbocycles. The van der Waals surface area contributed by atoms with Gasteiger partial charge in [-0.15, -0.1) is 0 Å². The predicted octanol–water partition coefficient (Wildman–Crippen LogP) is 5.98. The van der Waals surface area contributed by atoms with E-state index in [1.807, 2.05) is 97.1 Å². The summed E-state index contributed by atoms with van der Waals surface area (Å²) < 4.78 is 0. The number of carbonyl (C=O) groups is 2. The molecule has 0 unspecified atom stereocenters. The molecule has 32 heavy (non-hydrogen) atoms. The van der Waals surface area contributed by atoms with Crippen LogP contribution in [-0.2, 0) is 22.4 Å². The number of hydrogen-bond donors (Lipinski definition) is 2. The lowest BCUT2D eigenvalue weighted by atomic mass is 10.1. The number of hydrogen-bond acceptors (Lipinski definition) is 2. The second kappa shape index (κ2) is 10.4. The molecule has 0 aliphatic heterocycles. The summed E-state index contributed by atoms with van der Waals surface area (Å²) >= 11 is 0. The lowest BCUT2D eigenvalue weighted by molar-refractivity contribution is -0.117. The van der Waals surface area contributed by atoms with Crippen molar-refractivity contribution in [3.63, 3.8) is 0 Å². The van der Waals surface area contributed by atoms with Crippen LogP contribution in [0.2, 0.25) is 0 Å². The minimum absolute atomic E-state index is 0.0290. The van der Waals surface area contributed by atoms with Gasteiger partial charge in [0.2, 0.25) is 11.8 Å². The average Bonchev–Trinajstić information content (AvgIpc) is 2.83. The van der Waals surface area contributed by atoms with E-state index in [9.17, 15) is 9.59 Å². The van der Waals surface area contributed by atoms with E-state index in [-0.39, 0.29) is 11.8 Å². The lowest BCUT2D eigenvalue weighted by Crippen LogP contribution is -2.14. The Hall–Kier alpha value is -3.92. The van der Waals surface area contributed by atoms with E-state index in [0.717, 1.165) is 33.3 Å². The number of benzene rings is 4. The molecule has 4 rings (SSSR count). The van der Waals surface area contributed by atoms with Crippen LogP contribution in [0, 0.1) is 0 Å². The molecule has 2 N–H and O–H groups in total. The van der Waals surface area contributed by atoms with E-state index in [2.05, 4.69) is 10.6 Å². The van der Waals surface area contributed by atoms with Gasteiger partial charge in [-0.2, -0.15) is 0 Å². The molecule has 4 nitrogen and oxygen atoms in total. The second-order valence-electron chi connectivity index (χ2n) is 7.77. The summed E-state index contributed by atoms with van der Waals surface area (Å²) in [6, 6.07) is 31.5.